The summed E-state index contributed by atoms with van der Waals surface area (Å²) in [5.41, 5.74) is 2.63. The van der Waals surface area contributed by atoms with Gasteiger partial charge in [-0.05, 0) is 26.0 Å². The van der Waals surface area contributed by atoms with E-state index in [2.05, 4.69) is 9.97 Å². The van der Waals surface area contributed by atoms with Crippen molar-refractivity contribution in [1.29, 1.82) is 0 Å². The van der Waals surface area contributed by atoms with Crippen LogP contribution in [0.25, 0.3) is 11.0 Å². The van der Waals surface area contributed by atoms with Crippen molar-refractivity contribution in [1.82, 2.24) is 9.97 Å². The summed E-state index contributed by atoms with van der Waals surface area (Å²) in [4.78, 5) is 20.1. The fraction of sp³-hybridized carbons (Fsp3) is 0.308. The molecule has 2 aromatic heterocycles. The van der Waals surface area contributed by atoms with Gasteiger partial charge in [-0.2, -0.15) is 0 Å². The van der Waals surface area contributed by atoms with Gasteiger partial charge in [-0.1, -0.05) is 0 Å². The summed E-state index contributed by atoms with van der Waals surface area (Å²) in [7, 11) is 1.56. The summed E-state index contributed by atoms with van der Waals surface area (Å²) in [5, 5.41) is 0. The Morgan fingerprint density at radius 1 is 1.33 bits per heavy atom. The molecule has 0 aliphatic heterocycles. The Morgan fingerprint density at radius 3 is 2.78 bits per heavy atom. The Hall–Kier alpha value is -2.17. The summed E-state index contributed by atoms with van der Waals surface area (Å²) in [6.07, 6.45) is 1.49. The average Bonchev–Trinajstić information content (AvgIpc) is 2.37. The van der Waals surface area contributed by atoms with E-state index in [1.54, 1.807) is 20.1 Å². The van der Waals surface area contributed by atoms with Gasteiger partial charge in [0.15, 0.2) is 0 Å². The number of hydrogen-bond donors (Lipinski definition) is 0. The lowest BCUT2D eigenvalue weighted by Gasteiger charge is -2.06. The highest BCUT2D eigenvalue weighted by Crippen LogP contribution is 2.20. The van der Waals surface area contributed by atoms with Crippen LogP contribution in [0.1, 0.15) is 22.8 Å². The first kappa shape index (κ1) is 12.3. The summed E-state index contributed by atoms with van der Waals surface area (Å²) < 4.78 is 10.1. The van der Waals surface area contributed by atoms with Crippen LogP contribution in [0, 0.1) is 6.92 Å². The molecule has 94 valence electrons. The number of ether oxygens (including phenoxy) is 2. The Balaban J connectivity index is 2.50. The maximum Gasteiger partial charge on any atom is 0.339 e. The molecule has 0 amide bonds. The van der Waals surface area contributed by atoms with Gasteiger partial charge in [-0.25, -0.2) is 9.78 Å². The summed E-state index contributed by atoms with van der Waals surface area (Å²) in [6.45, 7) is 3.99. The fourth-order valence-electron chi connectivity index (χ4n) is 1.66. The van der Waals surface area contributed by atoms with Gasteiger partial charge >= 0.3 is 5.97 Å². The molecule has 0 aromatic carbocycles. The van der Waals surface area contributed by atoms with Crippen molar-refractivity contribution in [2.45, 2.75) is 13.8 Å². The largest absolute Gasteiger partial charge is 0.481 e. The number of carbonyl (C=O) groups is 1. The number of aryl methyl sites for hydroxylation is 1. The van der Waals surface area contributed by atoms with E-state index >= 15 is 0 Å². The minimum absolute atomic E-state index is 0.335. The molecule has 0 spiro atoms. The van der Waals surface area contributed by atoms with Crippen LogP contribution in [0.2, 0.25) is 0 Å². The lowest BCUT2D eigenvalue weighted by atomic mass is 10.2. The van der Waals surface area contributed by atoms with Crippen molar-refractivity contribution in [3.05, 3.63) is 29.5 Å². The third-order valence-corrected chi connectivity index (χ3v) is 2.51. The zero-order chi connectivity index (χ0) is 13.1. The van der Waals surface area contributed by atoms with Gasteiger partial charge < -0.3 is 9.47 Å². The first-order chi connectivity index (χ1) is 8.65. The van der Waals surface area contributed by atoms with E-state index in [0.29, 0.717) is 23.6 Å². The Bertz CT molecular complexity index is 596. The lowest BCUT2D eigenvalue weighted by molar-refractivity contribution is 0.0526. The van der Waals surface area contributed by atoms with Crippen molar-refractivity contribution in [2.75, 3.05) is 13.7 Å². The molecule has 0 atom stereocenters. The third kappa shape index (κ3) is 2.25. The number of rotatable bonds is 3. The van der Waals surface area contributed by atoms with Crippen LogP contribution in [0.3, 0.4) is 0 Å². The molecule has 2 rings (SSSR count). The van der Waals surface area contributed by atoms with E-state index in [-0.39, 0.29) is 0 Å². The van der Waals surface area contributed by atoms with Crippen molar-refractivity contribution in [3.8, 4) is 5.88 Å². The molecular weight excluding hydrogens is 232 g/mol. The molecule has 5 nitrogen and oxygen atoms in total. The number of nitrogens with zero attached hydrogens (tertiary/aromatic N) is 2. The molecule has 2 heterocycles. The van der Waals surface area contributed by atoms with Gasteiger partial charge in [0.05, 0.1) is 30.3 Å². The average molecular weight is 246 g/mol. The van der Waals surface area contributed by atoms with Crippen LogP contribution < -0.4 is 4.74 Å². The van der Waals surface area contributed by atoms with Gasteiger partial charge in [-0.15, -0.1) is 0 Å². The van der Waals surface area contributed by atoms with Crippen molar-refractivity contribution in [2.24, 2.45) is 0 Å². The predicted molar refractivity (Wildman–Crippen MR) is 66.8 cm³/mol. The van der Waals surface area contributed by atoms with Crippen molar-refractivity contribution in [3.63, 3.8) is 0 Å². The number of pyridine rings is 2. The second kappa shape index (κ2) is 5.00. The van der Waals surface area contributed by atoms with Crippen LogP contribution in [0.15, 0.2) is 18.3 Å². The zero-order valence-corrected chi connectivity index (χ0v) is 10.6. The highest BCUT2D eigenvalue weighted by molar-refractivity contribution is 5.92. The molecule has 0 saturated carbocycles. The number of fused-ring (bicyclic) bond motifs is 1. The third-order valence-electron chi connectivity index (χ3n) is 2.51. The van der Waals surface area contributed by atoms with Gasteiger partial charge in [-0.3, -0.25) is 4.98 Å². The van der Waals surface area contributed by atoms with Gasteiger partial charge in [0, 0.05) is 11.8 Å². The highest BCUT2D eigenvalue weighted by atomic mass is 16.5. The SMILES string of the molecule is CCOC(=O)c1cnc2cc(C)c(OC)nc2c1. The monoisotopic (exact) mass is 246 g/mol. The normalized spacial score (nSPS) is 10.4. The van der Waals surface area contributed by atoms with E-state index in [0.717, 1.165) is 11.1 Å². The second-order valence-electron chi connectivity index (χ2n) is 3.80. The second-order valence-corrected chi connectivity index (χ2v) is 3.80. The molecule has 0 fully saturated rings. The van der Waals surface area contributed by atoms with Gasteiger partial charge in [0.2, 0.25) is 5.88 Å². The fourth-order valence-corrected chi connectivity index (χ4v) is 1.66. The summed E-state index contributed by atoms with van der Waals surface area (Å²) in [5.74, 6) is 0.138. The zero-order valence-electron chi connectivity index (χ0n) is 10.6. The number of aromatic nitrogens is 2. The topological polar surface area (TPSA) is 61.3 Å². The Morgan fingerprint density at radius 2 is 2.11 bits per heavy atom. The first-order valence-electron chi connectivity index (χ1n) is 5.64. The van der Waals surface area contributed by atoms with E-state index in [1.807, 2.05) is 13.0 Å². The first-order valence-corrected chi connectivity index (χ1v) is 5.64. The molecule has 0 aliphatic carbocycles. The van der Waals surface area contributed by atoms with E-state index < -0.39 is 5.97 Å². The highest BCUT2D eigenvalue weighted by Gasteiger charge is 2.10. The molecule has 2 aromatic rings. The molecule has 18 heavy (non-hydrogen) atoms. The predicted octanol–water partition coefficient (Wildman–Crippen LogP) is 2.12. The molecule has 0 unspecified atom stereocenters. The van der Waals surface area contributed by atoms with Crippen molar-refractivity contribution < 1.29 is 14.3 Å². The van der Waals surface area contributed by atoms with Gasteiger partial charge in [0.1, 0.15) is 0 Å². The minimum atomic E-state index is -0.395. The molecule has 0 radical (unpaired) electrons. The van der Waals surface area contributed by atoms with Crippen molar-refractivity contribution >= 4 is 17.0 Å². The van der Waals surface area contributed by atoms with Crippen LogP contribution in [-0.2, 0) is 4.74 Å². The minimum Gasteiger partial charge on any atom is -0.481 e. The van der Waals surface area contributed by atoms with Crippen LogP contribution in [0.4, 0.5) is 0 Å². The smallest absolute Gasteiger partial charge is 0.339 e. The maximum atomic E-state index is 11.6. The van der Waals surface area contributed by atoms with Gasteiger partial charge in [0.25, 0.3) is 0 Å². The van der Waals surface area contributed by atoms with Crippen LogP contribution in [-0.4, -0.2) is 29.7 Å². The summed E-state index contributed by atoms with van der Waals surface area (Å²) >= 11 is 0. The van der Waals surface area contributed by atoms with E-state index in [9.17, 15) is 4.79 Å². The van der Waals surface area contributed by atoms with E-state index in [4.69, 9.17) is 9.47 Å². The standard InChI is InChI=1S/C13H14N2O3/c1-4-18-13(16)9-6-11-10(14-7-9)5-8(2)12(15-11)17-3/h5-7H,4H2,1-3H3. The molecular formula is C13H14N2O3. The number of hydrogen-bond acceptors (Lipinski definition) is 5. The lowest BCUT2D eigenvalue weighted by Crippen LogP contribution is -2.05. The Kier molecular flexibility index (Phi) is 3.41. The van der Waals surface area contributed by atoms with Crippen LogP contribution in [0.5, 0.6) is 5.88 Å². The molecule has 5 heteroatoms. The number of methoxy groups -OCH3 is 1. The summed E-state index contributed by atoms with van der Waals surface area (Å²) in [6, 6.07) is 3.53. The van der Waals surface area contributed by atoms with Crippen LogP contribution >= 0.6 is 0 Å². The number of carbonyl (C=O) groups excluding carboxylic acids is 1. The number of esters is 1. The maximum absolute atomic E-state index is 11.6. The molecule has 0 aliphatic rings. The molecule has 0 N–H and O–H groups in total. The van der Waals surface area contributed by atoms with E-state index in [1.165, 1.54) is 6.20 Å². The molecule has 0 saturated heterocycles. The quantitative estimate of drug-likeness (QED) is 0.776. The molecule has 0 bridgehead atoms. The Labute approximate surface area is 105 Å².